The van der Waals surface area contributed by atoms with Crippen LogP contribution in [0.1, 0.15) is 29.7 Å². The molecule has 1 heterocycles. The lowest BCUT2D eigenvalue weighted by molar-refractivity contribution is 0.567. The number of aromatic nitrogens is 1. The number of hydrogen-bond acceptors (Lipinski definition) is 2. The Bertz CT molecular complexity index is 511. The molecule has 0 aliphatic heterocycles. The van der Waals surface area contributed by atoms with Crippen LogP contribution < -0.4 is 5.32 Å². The molecule has 0 bridgehead atoms. The number of nitrogens with one attached hydrogen (secondary N) is 1. The van der Waals surface area contributed by atoms with E-state index in [1.165, 1.54) is 5.56 Å². The van der Waals surface area contributed by atoms with Gasteiger partial charge < -0.3 is 5.32 Å². The van der Waals surface area contributed by atoms with Crippen molar-refractivity contribution in [3.8, 4) is 0 Å². The van der Waals surface area contributed by atoms with Gasteiger partial charge in [0.2, 0.25) is 0 Å². The van der Waals surface area contributed by atoms with Crippen molar-refractivity contribution in [3.05, 3.63) is 65.2 Å². The molecule has 1 unspecified atom stereocenters. The molecule has 1 atom stereocenters. The Hall–Kier alpha value is -1.74. The molecule has 0 aliphatic rings. The van der Waals surface area contributed by atoms with Gasteiger partial charge in [0.25, 0.3) is 0 Å². The van der Waals surface area contributed by atoms with Gasteiger partial charge in [0.15, 0.2) is 0 Å². The molecule has 0 amide bonds. The minimum atomic E-state index is -0.147. The van der Waals surface area contributed by atoms with Crippen LogP contribution in [0.15, 0.2) is 42.7 Å². The van der Waals surface area contributed by atoms with Crippen molar-refractivity contribution in [3.63, 3.8) is 0 Å². The standard InChI is InChI=1S/C15H17FN2/c1-11-3-4-13(9-15(11)16)10-18-12(2)14-5-7-17-8-6-14/h3-9,12,18H,10H2,1-2H3. The summed E-state index contributed by atoms with van der Waals surface area (Å²) in [6.45, 7) is 4.51. The first-order valence-corrected chi connectivity index (χ1v) is 6.05. The fourth-order valence-electron chi connectivity index (χ4n) is 1.79. The van der Waals surface area contributed by atoms with Gasteiger partial charge in [0, 0.05) is 25.0 Å². The second-order valence-electron chi connectivity index (χ2n) is 4.47. The van der Waals surface area contributed by atoms with E-state index in [0.29, 0.717) is 12.1 Å². The van der Waals surface area contributed by atoms with Crippen molar-refractivity contribution in [2.24, 2.45) is 0 Å². The van der Waals surface area contributed by atoms with E-state index in [0.717, 1.165) is 5.56 Å². The number of benzene rings is 1. The van der Waals surface area contributed by atoms with E-state index in [1.54, 1.807) is 25.4 Å². The Balaban J connectivity index is 1.97. The first-order valence-electron chi connectivity index (χ1n) is 6.05. The SMILES string of the molecule is Cc1ccc(CNC(C)c2ccncc2)cc1F. The largest absolute Gasteiger partial charge is 0.306 e. The number of halogens is 1. The molecular weight excluding hydrogens is 227 g/mol. The van der Waals surface area contributed by atoms with E-state index >= 15 is 0 Å². The summed E-state index contributed by atoms with van der Waals surface area (Å²) < 4.78 is 13.4. The van der Waals surface area contributed by atoms with Gasteiger partial charge in [-0.3, -0.25) is 4.98 Å². The lowest BCUT2D eigenvalue weighted by Crippen LogP contribution is -2.18. The number of nitrogens with zero attached hydrogens (tertiary/aromatic N) is 1. The maximum absolute atomic E-state index is 13.4. The molecule has 1 aromatic heterocycles. The molecule has 0 aliphatic carbocycles. The molecule has 2 aromatic rings. The molecule has 0 saturated carbocycles. The molecule has 1 aromatic carbocycles. The van der Waals surface area contributed by atoms with E-state index in [9.17, 15) is 4.39 Å². The van der Waals surface area contributed by atoms with Crippen LogP contribution in [0.2, 0.25) is 0 Å². The van der Waals surface area contributed by atoms with E-state index < -0.39 is 0 Å². The minimum absolute atomic E-state index is 0.147. The molecule has 0 spiro atoms. The first-order chi connectivity index (χ1) is 8.66. The third kappa shape index (κ3) is 3.14. The summed E-state index contributed by atoms with van der Waals surface area (Å²) in [4.78, 5) is 3.99. The second-order valence-corrected chi connectivity index (χ2v) is 4.47. The van der Waals surface area contributed by atoms with Crippen molar-refractivity contribution in [2.45, 2.75) is 26.4 Å². The third-order valence-corrected chi connectivity index (χ3v) is 3.05. The fourth-order valence-corrected chi connectivity index (χ4v) is 1.79. The van der Waals surface area contributed by atoms with Gasteiger partial charge in [-0.1, -0.05) is 12.1 Å². The summed E-state index contributed by atoms with van der Waals surface area (Å²) in [6, 6.07) is 9.52. The Kier molecular flexibility index (Phi) is 4.05. The third-order valence-electron chi connectivity index (χ3n) is 3.05. The molecule has 18 heavy (non-hydrogen) atoms. The quantitative estimate of drug-likeness (QED) is 0.891. The summed E-state index contributed by atoms with van der Waals surface area (Å²) in [5.74, 6) is -0.147. The van der Waals surface area contributed by atoms with Gasteiger partial charge in [0.05, 0.1) is 0 Å². The normalized spacial score (nSPS) is 12.4. The van der Waals surface area contributed by atoms with E-state index in [4.69, 9.17) is 0 Å². The lowest BCUT2D eigenvalue weighted by Gasteiger charge is -2.14. The Labute approximate surface area is 107 Å². The number of aryl methyl sites for hydroxylation is 1. The average Bonchev–Trinajstić information content (AvgIpc) is 2.41. The van der Waals surface area contributed by atoms with Crippen LogP contribution in [0.3, 0.4) is 0 Å². The number of hydrogen-bond donors (Lipinski definition) is 1. The zero-order valence-corrected chi connectivity index (χ0v) is 10.7. The minimum Gasteiger partial charge on any atom is -0.306 e. The smallest absolute Gasteiger partial charge is 0.126 e. The van der Waals surface area contributed by atoms with E-state index in [-0.39, 0.29) is 11.9 Å². The molecule has 2 rings (SSSR count). The van der Waals surface area contributed by atoms with Crippen molar-refractivity contribution >= 4 is 0 Å². The number of rotatable bonds is 4. The lowest BCUT2D eigenvalue weighted by atomic mass is 10.1. The molecule has 0 radical (unpaired) electrons. The summed E-state index contributed by atoms with van der Waals surface area (Å²) in [6.07, 6.45) is 3.55. The predicted molar refractivity (Wildman–Crippen MR) is 70.6 cm³/mol. The molecule has 0 fully saturated rings. The zero-order valence-electron chi connectivity index (χ0n) is 10.7. The van der Waals surface area contributed by atoms with Crippen molar-refractivity contribution < 1.29 is 4.39 Å². The van der Waals surface area contributed by atoms with Crippen LogP contribution in [0.5, 0.6) is 0 Å². The van der Waals surface area contributed by atoms with E-state index in [2.05, 4.69) is 17.2 Å². The molecular formula is C15H17FN2. The Morgan fingerprint density at radius 2 is 1.94 bits per heavy atom. The van der Waals surface area contributed by atoms with Gasteiger partial charge in [-0.25, -0.2) is 4.39 Å². The van der Waals surface area contributed by atoms with Crippen molar-refractivity contribution in [1.82, 2.24) is 10.3 Å². The second kappa shape index (κ2) is 5.74. The highest BCUT2D eigenvalue weighted by Gasteiger charge is 2.05. The van der Waals surface area contributed by atoms with Gasteiger partial charge in [-0.05, 0) is 48.7 Å². The monoisotopic (exact) mass is 244 g/mol. The molecule has 1 N–H and O–H groups in total. The van der Waals surface area contributed by atoms with Gasteiger partial charge >= 0.3 is 0 Å². The van der Waals surface area contributed by atoms with Gasteiger partial charge in [0.1, 0.15) is 5.82 Å². The fraction of sp³-hybridized carbons (Fsp3) is 0.267. The topological polar surface area (TPSA) is 24.9 Å². The van der Waals surface area contributed by atoms with Crippen LogP contribution in [0, 0.1) is 12.7 Å². The summed E-state index contributed by atoms with van der Waals surface area (Å²) in [7, 11) is 0. The van der Waals surface area contributed by atoms with Crippen LogP contribution in [0.25, 0.3) is 0 Å². The average molecular weight is 244 g/mol. The summed E-state index contributed by atoms with van der Waals surface area (Å²) >= 11 is 0. The maximum atomic E-state index is 13.4. The zero-order chi connectivity index (χ0) is 13.0. The highest BCUT2D eigenvalue weighted by Crippen LogP contribution is 2.13. The molecule has 3 heteroatoms. The number of pyridine rings is 1. The van der Waals surface area contributed by atoms with Crippen LogP contribution in [-0.2, 0) is 6.54 Å². The van der Waals surface area contributed by atoms with Crippen LogP contribution >= 0.6 is 0 Å². The van der Waals surface area contributed by atoms with Gasteiger partial charge in [-0.15, -0.1) is 0 Å². The highest BCUT2D eigenvalue weighted by molar-refractivity contribution is 5.23. The molecule has 2 nitrogen and oxygen atoms in total. The van der Waals surface area contributed by atoms with Crippen LogP contribution in [-0.4, -0.2) is 4.98 Å². The highest BCUT2D eigenvalue weighted by atomic mass is 19.1. The summed E-state index contributed by atoms with van der Waals surface area (Å²) in [5, 5.41) is 3.37. The Morgan fingerprint density at radius 3 is 2.61 bits per heavy atom. The predicted octanol–water partition coefficient (Wildman–Crippen LogP) is 3.38. The Morgan fingerprint density at radius 1 is 1.22 bits per heavy atom. The first kappa shape index (κ1) is 12.7. The molecule has 0 saturated heterocycles. The van der Waals surface area contributed by atoms with Gasteiger partial charge in [-0.2, -0.15) is 0 Å². The van der Waals surface area contributed by atoms with Crippen molar-refractivity contribution in [2.75, 3.05) is 0 Å². The van der Waals surface area contributed by atoms with Crippen molar-refractivity contribution in [1.29, 1.82) is 0 Å². The van der Waals surface area contributed by atoms with Crippen LogP contribution in [0.4, 0.5) is 4.39 Å². The molecule has 94 valence electrons. The maximum Gasteiger partial charge on any atom is 0.126 e. The van der Waals surface area contributed by atoms with E-state index in [1.807, 2.05) is 24.3 Å². The summed E-state index contributed by atoms with van der Waals surface area (Å²) in [5.41, 5.74) is 2.82.